The molecule has 16 nitrogen and oxygen atoms in total. The average molecular weight is 678 g/mol. The number of nitrogens with one attached hydrogen (secondary N) is 1. The molecular weight excluding hydrogens is 652 g/mol. The first kappa shape index (κ1) is 32.2. The Morgan fingerprint density at radius 2 is 1.98 bits per heavy atom. The highest BCUT2D eigenvalue weighted by molar-refractivity contribution is 9.09. The van der Waals surface area contributed by atoms with Crippen LogP contribution in [0.1, 0.15) is 20.8 Å². The number of aromatic nitrogens is 3. The van der Waals surface area contributed by atoms with Crippen LogP contribution in [-0.2, 0) is 35.8 Å². The van der Waals surface area contributed by atoms with Crippen molar-refractivity contribution in [2.75, 3.05) is 23.6 Å². The lowest BCUT2D eigenvalue weighted by Gasteiger charge is -2.49. The van der Waals surface area contributed by atoms with E-state index in [2.05, 4.69) is 36.5 Å². The first-order valence-electron chi connectivity index (χ1n) is 11.7. The molecule has 3 heterocycles. The smallest absolute Gasteiger partial charge is 0.352 e. The van der Waals surface area contributed by atoms with E-state index in [1.165, 1.54) is 23.5 Å². The number of halogens is 1. The van der Waals surface area contributed by atoms with Crippen molar-refractivity contribution in [3.63, 3.8) is 0 Å². The molecule has 0 spiro atoms. The van der Waals surface area contributed by atoms with Gasteiger partial charge in [-0.3, -0.25) is 28.9 Å². The van der Waals surface area contributed by atoms with Gasteiger partial charge in [-0.15, -0.1) is 21.8 Å². The lowest BCUT2D eigenvalue weighted by atomic mass is 9.98. The van der Waals surface area contributed by atoms with Crippen molar-refractivity contribution in [3.8, 4) is 5.88 Å². The van der Waals surface area contributed by atoms with Gasteiger partial charge in [-0.25, -0.2) is 9.48 Å². The third-order valence-electron chi connectivity index (χ3n) is 5.61. The Hall–Kier alpha value is -3.32. The summed E-state index contributed by atoms with van der Waals surface area (Å²) in [5.74, 6) is -4.69. The highest BCUT2D eigenvalue weighted by Gasteiger charge is 2.54. The van der Waals surface area contributed by atoms with Crippen molar-refractivity contribution in [3.05, 3.63) is 26.5 Å². The number of nitrogens with zero attached hydrogens (tertiary/aromatic N) is 5. The van der Waals surface area contributed by atoms with Gasteiger partial charge in [0.05, 0.1) is 10.7 Å². The van der Waals surface area contributed by atoms with Crippen LogP contribution in [0.15, 0.2) is 26.4 Å². The number of alkyl halides is 1. The molecule has 2 aliphatic rings. The summed E-state index contributed by atoms with van der Waals surface area (Å²) in [6.45, 7) is 4.43. The first-order valence-corrected chi connectivity index (χ1v) is 14.9. The third-order valence-corrected chi connectivity index (χ3v) is 8.61. The second-order valence-corrected chi connectivity index (χ2v) is 12.2. The predicted molar refractivity (Wildman–Crippen MR) is 147 cm³/mol. The van der Waals surface area contributed by atoms with Crippen molar-refractivity contribution >= 4 is 69.0 Å². The number of carbonyl (C=O) groups is 5. The summed E-state index contributed by atoms with van der Waals surface area (Å²) in [5, 5.41) is 17.7. The highest BCUT2D eigenvalue weighted by atomic mass is 79.9. The van der Waals surface area contributed by atoms with Gasteiger partial charge >= 0.3 is 23.4 Å². The minimum Gasteiger partial charge on any atom is -0.477 e. The maximum atomic E-state index is 12.8. The number of rotatable bonds is 12. The Morgan fingerprint density at radius 3 is 2.56 bits per heavy atom. The van der Waals surface area contributed by atoms with E-state index in [1.807, 2.05) is 0 Å². The molecule has 19 heteroatoms. The summed E-state index contributed by atoms with van der Waals surface area (Å²) in [4.78, 5) is 89.0. The molecule has 1 aromatic rings. The standard InChI is InChI=1S/C22H25BrN6O10S2/c1-22(2,3)20(36)39-8-38-16-15(32)25-21(28(4)26-16)41-7-9-6-40-18-12(17(33)29(18)13(9)19(34)35)24-14(31)11(27-37)10(30)5-23/h11-12,18H,5-8H2,1-4H3,(H,24,31)(H,34,35)/t11?,12-,18-/m1/s1. The van der Waals surface area contributed by atoms with Gasteiger partial charge in [0, 0.05) is 18.6 Å². The number of amides is 2. The Bertz CT molecular complexity index is 1380. The highest BCUT2D eigenvalue weighted by Crippen LogP contribution is 2.41. The van der Waals surface area contributed by atoms with Crippen LogP contribution in [0.25, 0.3) is 0 Å². The molecule has 2 amide bonds. The molecular formula is C22H25BrN6O10S2. The molecule has 0 bridgehead atoms. The Labute approximate surface area is 249 Å². The largest absolute Gasteiger partial charge is 0.477 e. The number of β-lactam (4-membered cyclic amide) rings is 1. The molecule has 0 aliphatic carbocycles. The van der Waals surface area contributed by atoms with Crippen LogP contribution < -0.4 is 15.6 Å². The van der Waals surface area contributed by atoms with E-state index >= 15 is 0 Å². The lowest BCUT2D eigenvalue weighted by molar-refractivity contribution is -0.160. The first-order chi connectivity index (χ1) is 19.2. The van der Waals surface area contributed by atoms with Crippen LogP contribution in [0.5, 0.6) is 5.88 Å². The molecule has 0 saturated carbocycles. The lowest BCUT2D eigenvalue weighted by Crippen LogP contribution is -2.71. The average Bonchev–Trinajstić information content (AvgIpc) is 2.91. The monoisotopic (exact) mass is 676 g/mol. The maximum Gasteiger partial charge on any atom is 0.352 e. The number of hydrogen-bond acceptors (Lipinski definition) is 14. The number of hydrogen-bond donors (Lipinski definition) is 2. The third kappa shape index (κ3) is 7.13. The van der Waals surface area contributed by atoms with Crippen LogP contribution in [-0.4, -0.2) is 95.4 Å². The Kier molecular flexibility index (Phi) is 10.3. The van der Waals surface area contributed by atoms with Gasteiger partial charge in [0.1, 0.15) is 17.1 Å². The van der Waals surface area contributed by atoms with Gasteiger partial charge in [0.15, 0.2) is 10.9 Å². The normalized spacial score (nSPS) is 19.0. The minimum absolute atomic E-state index is 0.0321. The van der Waals surface area contributed by atoms with Gasteiger partial charge in [0.25, 0.3) is 11.8 Å². The summed E-state index contributed by atoms with van der Waals surface area (Å²) in [5.41, 5.74) is -1.52. The number of carboxylic acid groups (broad SMARTS) is 1. The fourth-order valence-corrected chi connectivity index (χ4v) is 6.20. The van der Waals surface area contributed by atoms with Crippen LogP contribution in [0, 0.1) is 10.3 Å². The molecule has 1 fully saturated rings. The topological polar surface area (TPSA) is 217 Å². The second-order valence-electron chi connectivity index (χ2n) is 9.62. The minimum atomic E-state index is -1.84. The number of ether oxygens (including phenoxy) is 2. The van der Waals surface area contributed by atoms with Crippen molar-refractivity contribution in [1.82, 2.24) is 25.0 Å². The molecule has 1 unspecified atom stereocenters. The molecule has 1 aromatic heterocycles. The Morgan fingerprint density at radius 1 is 1.29 bits per heavy atom. The van der Waals surface area contributed by atoms with Crippen molar-refractivity contribution in [2.45, 2.75) is 43.4 Å². The van der Waals surface area contributed by atoms with Gasteiger partial charge in [-0.05, 0) is 31.5 Å². The SMILES string of the molecule is Cn1nc(OCOC(=O)C(C)(C)C)c(=O)nc1SCC1=C(C(=O)O)N2C(=O)[C@@H](NC(=O)C(N=O)C(=O)CBr)[C@H]2SC1. The number of Topliss-reactive ketones (excluding diaryl/α,β-unsaturated/α-hetero) is 1. The number of esters is 1. The van der Waals surface area contributed by atoms with E-state index in [9.17, 15) is 38.8 Å². The van der Waals surface area contributed by atoms with Crippen LogP contribution in [0.3, 0.4) is 0 Å². The molecule has 1 saturated heterocycles. The molecule has 3 atom stereocenters. The number of aliphatic carboxylic acids is 1. The quantitative estimate of drug-likeness (QED) is 0.0568. The summed E-state index contributed by atoms with van der Waals surface area (Å²) < 4.78 is 11.3. The molecule has 222 valence electrons. The van der Waals surface area contributed by atoms with Gasteiger partial charge < -0.3 is 19.9 Å². The van der Waals surface area contributed by atoms with E-state index in [1.54, 1.807) is 20.8 Å². The number of aryl methyl sites for hydroxylation is 1. The number of ketones is 1. The fraction of sp³-hybridized carbons (Fsp3) is 0.545. The second kappa shape index (κ2) is 13.1. The molecule has 2 aliphatic heterocycles. The summed E-state index contributed by atoms with van der Waals surface area (Å²) in [7, 11) is 1.48. The summed E-state index contributed by atoms with van der Waals surface area (Å²) in [6.07, 6.45) is 0. The number of fused-ring (bicyclic) bond motifs is 1. The van der Waals surface area contributed by atoms with Gasteiger partial charge in [-0.2, -0.15) is 4.98 Å². The fourth-order valence-electron chi connectivity index (χ4n) is 3.50. The van der Waals surface area contributed by atoms with Crippen LogP contribution in [0.2, 0.25) is 0 Å². The Balaban J connectivity index is 1.69. The zero-order valence-electron chi connectivity index (χ0n) is 22.1. The molecule has 41 heavy (non-hydrogen) atoms. The molecule has 0 aromatic carbocycles. The number of carbonyl (C=O) groups excluding carboxylic acids is 4. The zero-order valence-corrected chi connectivity index (χ0v) is 25.3. The summed E-state index contributed by atoms with van der Waals surface area (Å²) >= 11 is 5.03. The molecule has 2 N–H and O–H groups in total. The maximum absolute atomic E-state index is 12.8. The van der Waals surface area contributed by atoms with E-state index in [0.717, 1.165) is 16.7 Å². The van der Waals surface area contributed by atoms with E-state index in [4.69, 9.17) is 9.47 Å². The van der Waals surface area contributed by atoms with E-state index in [0.29, 0.717) is 5.57 Å². The number of nitroso groups, excluding NO2 is 1. The van der Waals surface area contributed by atoms with E-state index < -0.39 is 70.6 Å². The van der Waals surface area contributed by atoms with E-state index in [-0.39, 0.29) is 27.7 Å². The van der Waals surface area contributed by atoms with Crippen molar-refractivity contribution in [2.24, 2.45) is 17.6 Å². The molecule has 3 rings (SSSR count). The van der Waals surface area contributed by atoms with Crippen molar-refractivity contribution in [1.29, 1.82) is 0 Å². The van der Waals surface area contributed by atoms with Crippen LogP contribution >= 0.6 is 39.5 Å². The molecule has 0 radical (unpaired) electrons. The van der Waals surface area contributed by atoms with Crippen LogP contribution in [0.4, 0.5) is 0 Å². The number of carboxylic acids is 1. The van der Waals surface area contributed by atoms with Gasteiger partial charge in [-0.1, -0.05) is 27.7 Å². The zero-order chi connectivity index (χ0) is 30.6. The predicted octanol–water partition coefficient (Wildman–Crippen LogP) is 0.0306. The van der Waals surface area contributed by atoms with Gasteiger partial charge in [0.2, 0.25) is 12.8 Å². The summed E-state index contributed by atoms with van der Waals surface area (Å²) in [6, 6.07) is -2.99. The van der Waals surface area contributed by atoms with Crippen molar-refractivity contribution < 1.29 is 38.6 Å². The number of thioether (sulfide) groups is 2.